The molecule has 0 bridgehead atoms. The van der Waals surface area contributed by atoms with Crippen LogP contribution in [0.3, 0.4) is 0 Å². The van der Waals surface area contributed by atoms with Gasteiger partial charge in [0, 0.05) is 0 Å². The maximum atomic E-state index is 5.96. The number of hydrogen-bond donors (Lipinski definition) is 1. The molecular weight excluding hydrogens is 242 g/mol. The fourth-order valence-corrected chi connectivity index (χ4v) is 1.50. The minimum Gasteiger partial charge on any atom is -0.493 e. The van der Waals surface area contributed by atoms with Crippen LogP contribution < -0.4 is 19.9 Å². The third-order valence-corrected chi connectivity index (χ3v) is 2.77. The van der Waals surface area contributed by atoms with Crippen molar-refractivity contribution >= 4 is 12.4 Å². The van der Waals surface area contributed by atoms with Gasteiger partial charge in [-0.15, -0.1) is 12.4 Å². The Bertz CT molecular complexity index is 380. The maximum Gasteiger partial charge on any atom is 0.203 e. The van der Waals surface area contributed by atoms with Crippen LogP contribution >= 0.6 is 12.4 Å². The first-order valence-electron chi connectivity index (χ1n) is 5.31. The van der Waals surface area contributed by atoms with Crippen LogP contribution in [-0.4, -0.2) is 26.4 Å². The molecule has 1 aromatic carbocycles. The zero-order valence-electron chi connectivity index (χ0n) is 10.1. The maximum absolute atomic E-state index is 5.96. The minimum absolute atomic E-state index is 0. The van der Waals surface area contributed by atoms with E-state index < -0.39 is 0 Å². The van der Waals surface area contributed by atoms with E-state index in [1.807, 2.05) is 18.2 Å². The molecule has 4 nitrogen and oxygen atoms in total. The van der Waals surface area contributed by atoms with Gasteiger partial charge in [0.05, 0.1) is 19.8 Å². The molecule has 17 heavy (non-hydrogen) atoms. The molecule has 0 spiro atoms. The quantitative estimate of drug-likeness (QED) is 0.879. The van der Waals surface area contributed by atoms with Crippen molar-refractivity contribution in [1.82, 2.24) is 0 Å². The van der Waals surface area contributed by atoms with Crippen LogP contribution in [0.5, 0.6) is 17.2 Å². The summed E-state index contributed by atoms with van der Waals surface area (Å²) in [4.78, 5) is 0. The molecule has 0 heterocycles. The number of ether oxygens (including phenoxy) is 3. The van der Waals surface area contributed by atoms with E-state index in [0.717, 1.165) is 12.8 Å². The molecule has 0 unspecified atom stereocenters. The Morgan fingerprint density at radius 3 is 2.35 bits per heavy atom. The lowest BCUT2D eigenvalue weighted by Gasteiger charge is -2.15. The minimum atomic E-state index is -0.131. The van der Waals surface area contributed by atoms with E-state index >= 15 is 0 Å². The van der Waals surface area contributed by atoms with Gasteiger partial charge in [-0.25, -0.2) is 0 Å². The van der Waals surface area contributed by atoms with E-state index in [9.17, 15) is 0 Å². The lowest BCUT2D eigenvalue weighted by atomic mass is 10.3. The number of hydrogen-bond acceptors (Lipinski definition) is 4. The summed E-state index contributed by atoms with van der Waals surface area (Å²) >= 11 is 0. The molecular formula is C12H18ClNO3. The summed E-state index contributed by atoms with van der Waals surface area (Å²) in [5.74, 6) is 1.97. The predicted octanol–water partition coefficient (Wildman–Crippen LogP) is 2.00. The highest BCUT2D eigenvalue weighted by molar-refractivity contribution is 5.85. The molecule has 0 amide bonds. The first-order valence-corrected chi connectivity index (χ1v) is 5.31. The first kappa shape index (κ1) is 13.9. The number of nitrogens with two attached hydrogens (primary N) is 1. The van der Waals surface area contributed by atoms with Gasteiger partial charge in [0.1, 0.15) is 6.61 Å². The molecule has 1 saturated carbocycles. The van der Waals surface area contributed by atoms with Gasteiger partial charge in [-0.1, -0.05) is 6.07 Å². The number of para-hydroxylation sites is 1. The van der Waals surface area contributed by atoms with Crippen molar-refractivity contribution in [2.75, 3.05) is 20.8 Å². The van der Waals surface area contributed by atoms with Crippen molar-refractivity contribution in [1.29, 1.82) is 0 Å². The van der Waals surface area contributed by atoms with E-state index in [0.29, 0.717) is 23.9 Å². The van der Waals surface area contributed by atoms with E-state index in [-0.39, 0.29) is 17.9 Å². The predicted molar refractivity (Wildman–Crippen MR) is 68.4 cm³/mol. The SMILES string of the molecule is COc1cccc(OCC2(N)CC2)c1OC.Cl. The molecule has 96 valence electrons. The van der Waals surface area contributed by atoms with Crippen LogP contribution in [0.15, 0.2) is 18.2 Å². The van der Waals surface area contributed by atoms with Crippen molar-refractivity contribution in [3.8, 4) is 17.2 Å². The molecule has 1 fully saturated rings. The Hall–Kier alpha value is -1.13. The molecule has 1 aromatic rings. The Kier molecular flexibility index (Phi) is 4.48. The van der Waals surface area contributed by atoms with Gasteiger partial charge < -0.3 is 19.9 Å². The third-order valence-electron chi connectivity index (χ3n) is 2.77. The van der Waals surface area contributed by atoms with Gasteiger partial charge in [-0.3, -0.25) is 0 Å². The molecule has 0 saturated heterocycles. The molecule has 0 aliphatic heterocycles. The van der Waals surface area contributed by atoms with Crippen LogP contribution in [0.25, 0.3) is 0 Å². The summed E-state index contributed by atoms with van der Waals surface area (Å²) in [6.07, 6.45) is 2.05. The van der Waals surface area contributed by atoms with E-state index in [1.165, 1.54) is 0 Å². The van der Waals surface area contributed by atoms with E-state index in [1.54, 1.807) is 14.2 Å². The van der Waals surface area contributed by atoms with Crippen molar-refractivity contribution in [3.63, 3.8) is 0 Å². The van der Waals surface area contributed by atoms with Crippen LogP contribution in [0, 0.1) is 0 Å². The Morgan fingerprint density at radius 2 is 1.82 bits per heavy atom. The first-order chi connectivity index (χ1) is 7.68. The average molecular weight is 260 g/mol. The summed E-state index contributed by atoms with van der Waals surface area (Å²) < 4.78 is 16.1. The smallest absolute Gasteiger partial charge is 0.203 e. The molecule has 5 heteroatoms. The summed E-state index contributed by atoms with van der Waals surface area (Å²) in [5.41, 5.74) is 5.83. The summed E-state index contributed by atoms with van der Waals surface area (Å²) in [6.45, 7) is 0.524. The van der Waals surface area contributed by atoms with Gasteiger partial charge in [0.15, 0.2) is 11.5 Å². The summed E-state index contributed by atoms with van der Waals surface area (Å²) in [5, 5.41) is 0. The van der Waals surface area contributed by atoms with Gasteiger partial charge in [-0.05, 0) is 25.0 Å². The van der Waals surface area contributed by atoms with Crippen LogP contribution in [0.2, 0.25) is 0 Å². The zero-order chi connectivity index (χ0) is 11.6. The standard InChI is InChI=1S/C12H17NO3.ClH/c1-14-9-4-3-5-10(11(9)15-2)16-8-12(13)6-7-12;/h3-5H,6-8,13H2,1-2H3;1H. The molecule has 1 aliphatic rings. The highest BCUT2D eigenvalue weighted by Crippen LogP contribution is 2.39. The van der Waals surface area contributed by atoms with E-state index in [2.05, 4.69) is 0 Å². The second kappa shape index (κ2) is 5.47. The molecule has 0 atom stereocenters. The van der Waals surface area contributed by atoms with Gasteiger partial charge in [0.2, 0.25) is 5.75 Å². The Morgan fingerprint density at radius 1 is 1.18 bits per heavy atom. The number of halogens is 1. The number of methoxy groups -OCH3 is 2. The largest absolute Gasteiger partial charge is 0.493 e. The molecule has 0 aromatic heterocycles. The summed E-state index contributed by atoms with van der Waals surface area (Å²) in [6, 6.07) is 5.56. The van der Waals surface area contributed by atoms with Gasteiger partial charge in [0.25, 0.3) is 0 Å². The second-order valence-electron chi connectivity index (χ2n) is 4.14. The van der Waals surface area contributed by atoms with Gasteiger partial charge in [-0.2, -0.15) is 0 Å². The van der Waals surface area contributed by atoms with Crippen molar-refractivity contribution in [2.24, 2.45) is 5.73 Å². The summed E-state index contributed by atoms with van der Waals surface area (Å²) in [7, 11) is 3.20. The third kappa shape index (κ3) is 3.17. The zero-order valence-corrected chi connectivity index (χ0v) is 10.9. The Labute approximate surface area is 107 Å². The molecule has 2 N–H and O–H groups in total. The van der Waals surface area contributed by atoms with Crippen LogP contribution in [0.1, 0.15) is 12.8 Å². The topological polar surface area (TPSA) is 53.7 Å². The highest BCUT2D eigenvalue weighted by Gasteiger charge is 2.39. The van der Waals surface area contributed by atoms with Crippen LogP contribution in [-0.2, 0) is 0 Å². The molecule has 1 aliphatic carbocycles. The second-order valence-corrected chi connectivity index (χ2v) is 4.14. The number of rotatable bonds is 5. The normalized spacial score (nSPS) is 15.7. The fraction of sp³-hybridized carbons (Fsp3) is 0.500. The Balaban J connectivity index is 0.00000144. The highest BCUT2D eigenvalue weighted by atomic mass is 35.5. The molecule has 2 rings (SSSR count). The van der Waals surface area contributed by atoms with Crippen molar-refractivity contribution < 1.29 is 14.2 Å². The molecule has 0 radical (unpaired) electrons. The van der Waals surface area contributed by atoms with Crippen molar-refractivity contribution in [3.05, 3.63) is 18.2 Å². The number of benzene rings is 1. The fourth-order valence-electron chi connectivity index (χ4n) is 1.50. The average Bonchev–Trinajstić information content (AvgIpc) is 3.04. The van der Waals surface area contributed by atoms with Crippen molar-refractivity contribution in [2.45, 2.75) is 18.4 Å². The monoisotopic (exact) mass is 259 g/mol. The lowest BCUT2D eigenvalue weighted by Crippen LogP contribution is -2.29. The van der Waals surface area contributed by atoms with Crippen LogP contribution in [0.4, 0.5) is 0 Å². The van der Waals surface area contributed by atoms with E-state index in [4.69, 9.17) is 19.9 Å². The lowest BCUT2D eigenvalue weighted by molar-refractivity contribution is 0.258. The van der Waals surface area contributed by atoms with Gasteiger partial charge >= 0.3 is 0 Å².